The molecule has 1 aliphatic rings. The highest BCUT2D eigenvalue weighted by atomic mass is 32.1. The molecule has 3 heterocycles. The van der Waals surface area contributed by atoms with E-state index in [1.807, 2.05) is 18.2 Å². The van der Waals surface area contributed by atoms with E-state index in [9.17, 15) is 4.79 Å². The van der Waals surface area contributed by atoms with Gasteiger partial charge in [0.15, 0.2) is 0 Å². The SMILES string of the molecule is O=C(c1cc2ncccc2s1)N1CC(O)C1. The molecule has 2 aromatic heterocycles. The van der Waals surface area contributed by atoms with Crippen LogP contribution in [0.25, 0.3) is 10.2 Å². The molecule has 1 N–H and O–H groups in total. The number of hydrogen-bond donors (Lipinski definition) is 1. The van der Waals surface area contributed by atoms with E-state index in [1.54, 1.807) is 11.1 Å². The zero-order valence-electron chi connectivity index (χ0n) is 8.46. The minimum absolute atomic E-state index is 0.00620. The fourth-order valence-corrected chi connectivity index (χ4v) is 2.74. The Hall–Kier alpha value is -1.46. The molecule has 0 bridgehead atoms. The maximum Gasteiger partial charge on any atom is 0.264 e. The molecule has 5 heteroatoms. The molecular weight excluding hydrogens is 224 g/mol. The molecule has 0 aromatic carbocycles. The Kier molecular flexibility index (Phi) is 2.15. The van der Waals surface area contributed by atoms with Gasteiger partial charge < -0.3 is 10.0 Å². The normalized spacial score (nSPS) is 16.4. The van der Waals surface area contributed by atoms with Crippen molar-refractivity contribution in [1.29, 1.82) is 0 Å². The quantitative estimate of drug-likeness (QED) is 0.804. The second-order valence-corrected chi connectivity index (χ2v) is 4.95. The van der Waals surface area contributed by atoms with Crippen LogP contribution in [-0.4, -0.2) is 40.1 Å². The van der Waals surface area contributed by atoms with Gasteiger partial charge in [0, 0.05) is 19.3 Å². The summed E-state index contributed by atoms with van der Waals surface area (Å²) in [5.74, 6) is -0.00620. The van der Waals surface area contributed by atoms with Gasteiger partial charge in [-0.15, -0.1) is 11.3 Å². The number of amides is 1. The maximum atomic E-state index is 11.9. The second kappa shape index (κ2) is 3.54. The Morgan fingerprint density at radius 3 is 3.06 bits per heavy atom. The van der Waals surface area contributed by atoms with Gasteiger partial charge in [-0.3, -0.25) is 9.78 Å². The van der Waals surface area contributed by atoms with E-state index in [0.717, 1.165) is 10.2 Å². The van der Waals surface area contributed by atoms with Gasteiger partial charge in [-0.05, 0) is 18.2 Å². The van der Waals surface area contributed by atoms with Gasteiger partial charge in [-0.1, -0.05) is 0 Å². The van der Waals surface area contributed by atoms with E-state index < -0.39 is 0 Å². The maximum absolute atomic E-state index is 11.9. The number of carbonyl (C=O) groups is 1. The molecule has 0 aliphatic carbocycles. The lowest BCUT2D eigenvalue weighted by Gasteiger charge is -2.35. The van der Waals surface area contributed by atoms with E-state index >= 15 is 0 Å². The van der Waals surface area contributed by atoms with Crippen molar-refractivity contribution in [3.63, 3.8) is 0 Å². The van der Waals surface area contributed by atoms with Crippen molar-refractivity contribution in [3.05, 3.63) is 29.3 Å². The van der Waals surface area contributed by atoms with Gasteiger partial charge in [-0.2, -0.15) is 0 Å². The van der Waals surface area contributed by atoms with Crippen molar-refractivity contribution in [1.82, 2.24) is 9.88 Å². The Bertz CT molecular complexity index is 513. The van der Waals surface area contributed by atoms with E-state index in [-0.39, 0.29) is 12.0 Å². The average Bonchev–Trinajstić information content (AvgIpc) is 2.67. The van der Waals surface area contributed by atoms with Crippen LogP contribution in [0.4, 0.5) is 0 Å². The summed E-state index contributed by atoms with van der Waals surface area (Å²) in [6, 6.07) is 5.63. The fourth-order valence-electron chi connectivity index (χ4n) is 1.75. The van der Waals surface area contributed by atoms with Gasteiger partial charge in [0.05, 0.1) is 21.2 Å². The zero-order valence-corrected chi connectivity index (χ0v) is 9.28. The summed E-state index contributed by atoms with van der Waals surface area (Å²) in [5.41, 5.74) is 0.858. The van der Waals surface area contributed by atoms with Gasteiger partial charge >= 0.3 is 0 Å². The van der Waals surface area contributed by atoms with Crippen LogP contribution in [0.2, 0.25) is 0 Å². The first kappa shape index (κ1) is 9.74. The lowest BCUT2D eigenvalue weighted by atomic mass is 10.1. The predicted molar refractivity (Wildman–Crippen MR) is 61.5 cm³/mol. The van der Waals surface area contributed by atoms with Gasteiger partial charge in [0.25, 0.3) is 5.91 Å². The number of fused-ring (bicyclic) bond motifs is 1. The summed E-state index contributed by atoms with van der Waals surface area (Å²) < 4.78 is 1.02. The van der Waals surface area contributed by atoms with Gasteiger partial charge in [0.1, 0.15) is 0 Å². The number of rotatable bonds is 1. The molecule has 82 valence electrons. The summed E-state index contributed by atoms with van der Waals surface area (Å²) in [5, 5.41) is 9.15. The summed E-state index contributed by atoms with van der Waals surface area (Å²) in [7, 11) is 0. The third-order valence-electron chi connectivity index (χ3n) is 2.65. The van der Waals surface area contributed by atoms with Crippen LogP contribution in [0.5, 0.6) is 0 Å². The van der Waals surface area contributed by atoms with Crippen LogP contribution in [0.15, 0.2) is 24.4 Å². The average molecular weight is 234 g/mol. The minimum atomic E-state index is -0.351. The second-order valence-electron chi connectivity index (χ2n) is 3.86. The Labute approximate surface area is 96.1 Å². The largest absolute Gasteiger partial charge is 0.389 e. The third kappa shape index (κ3) is 1.48. The number of thiophene rings is 1. The fraction of sp³-hybridized carbons (Fsp3) is 0.273. The first-order valence-electron chi connectivity index (χ1n) is 5.06. The molecular formula is C11H10N2O2S. The molecule has 2 aromatic rings. The monoisotopic (exact) mass is 234 g/mol. The molecule has 1 aliphatic heterocycles. The molecule has 1 saturated heterocycles. The topological polar surface area (TPSA) is 53.4 Å². The molecule has 0 radical (unpaired) electrons. The summed E-state index contributed by atoms with van der Waals surface area (Å²) in [6.07, 6.45) is 1.37. The molecule has 0 atom stereocenters. The van der Waals surface area contributed by atoms with Crippen molar-refractivity contribution < 1.29 is 9.90 Å². The first-order chi connectivity index (χ1) is 7.74. The number of pyridine rings is 1. The molecule has 0 spiro atoms. The van der Waals surface area contributed by atoms with E-state index in [0.29, 0.717) is 18.0 Å². The number of aliphatic hydroxyl groups is 1. The van der Waals surface area contributed by atoms with E-state index in [4.69, 9.17) is 5.11 Å². The molecule has 0 saturated carbocycles. The van der Waals surface area contributed by atoms with Gasteiger partial charge in [-0.25, -0.2) is 0 Å². The molecule has 3 rings (SSSR count). The number of hydrogen-bond acceptors (Lipinski definition) is 4. The third-order valence-corrected chi connectivity index (χ3v) is 3.73. The van der Waals surface area contributed by atoms with Crippen molar-refractivity contribution in [3.8, 4) is 0 Å². The number of aliphatic hydroxyl groups excluding tert-OH is 1. The molecule has 0 unspecified atom stereocenters. The first-order valence-corrected chi connectivity index (χ1v) is 5.87. The van der Waals surface area contributed by atoms with Crippen LogP contribution in [0.3, 0.4) is 0 Å². The number of aromatic nitrogens is 1. The molecule has 16 heavy (non-hydrogen) atoms. The van der Waals surface area contributed by atoms with Crippen LogP contribution in [-0.2, 0) is 0 Å². The highest BCUT2D eigenvalue weighted by molar-refractivity contribution is 7.20. The number of nitrogens with zero attached hydrogens (tertiary/aromatic N) is 2. The van der Waals surface area contributed by atoms with Crippen molar-refractivity contribution in [2.24, 2.45) is 0 Å². The lowest BCUT2D eigenvalue weighted by Crippen LogP contribution is -2.53. The van der Waals surface area contributed by atoms with E-state index in [1.165, 1.54) is 11.3 Å². The number of β-amino-alcohol motifs (C(OH)–C–C–N with tert-alkyl or cyclic N) is 1. The van der Waals surface area contributed by atoms with Crippen molar-refractivity contribution in [2.75, 3.05) is 13.1 Å². The van der Waals surface area contributed by atoms with Crippen LogP contribution < -0.4 is 0 Å². The predicted octanol–water partition coefficient (Wildman–Crippen LogP) is 1.11. The minimum Gasteiger partial charge on any atom is -0.389 e. The summed E-state index contributed by atoms with van der Waals surface area (Å²) in [4.78, 5) is 18.5. The van der Waals surface area contributed by atoms with E-state index in [2.05, 4.69) is 4.98 Å². The van der Waals surface area contributed by atoms with Crippen LogP contribution >= 0.6 is 11.3 Å². The van der Waals surface area contributed by atoms with Crippen molar-refractivity contribution in [2.45, 2.75) is 6.10 Å². The standard InChI is InChI=1S/C11H10N2O2S/c14-7-5-13(6-7)11(15)10-4-8-9(16-10)2-1-3-12-8/h1-4,7,14H,5-6H2. The Morgan fingerprint density at radius 2 is 2.38 bits per heavy atom. The Balaban J connectivity index is 1.91. The zero-order chi connectivity index (χ0) is 11.1. The molecule has 1 fully saturated rings. The summed E-state index contributed by atoms with van der Waals surface area (Å²) in [6.45, 7) is 0.890. The lowest BCUT2D eigenvalue weighted by molar-refractivity contribution is 0.00623. The number of carbonyl (C=O) groups excluding carboxylic acids is 1. The van der Waals surface area contributed by atoms with Crippen LogP contribution in [0, 0.1) is 0 Å². The smallest absolute Gasteiger partial charge is 0.264 e. The van der Waals surface area contributed by atoms with Crippen LogP contribution in [0.1, 0.15) is 9.67 Å². The van der Waals surface area contributed by atoms with Crippen molar-refractivity contribution >= 4 is 27.5 Å². The highest BCUT2D eigenvalue weighted by Gasteiger charge is 2.30. The highest BCUT2D eigenvalue weighted by Crippen LogP contribution is 2.25. The summed E-state index contributed by atoms with van der Waals surface area (Å²) >= 11 is 1.45. The molecule has 4 nitrogen and oxygen atoms in total. The Morgan fingerprint density at radius 1 is 1.56 bits per heavy atom. The molecule has 1 amide bonds. The van der Waals surface area contributed by atoms with Gasteiger partial charge in [0.2, 0.25) is 0 Å². The number of likely N-dealkylation sites (tertiary alicyclic amines) is 1.